The highest BCUT2D eigenvalue weighted by atomic mass is 32.1. The molecule has 2 N–H and O–H groups in total. The zero-order valence-corrected chi connectivity index (χ0v) is 28.6. The maximum absolute atomic E-state index is 13.8. The third-order valence-corrected chi connectivity index (χ3v) is 12.5. The van der Waals surface area contributed by atoms with Gasteiger partial charge in [0.1, 0.15) is 12.9 Å². The summed E-state index contributed by atoms with van der Waals surface area (Å²) in [5.41, 5.74) is 1.93. The topological polar surface area (TPSA) is 62.8 Å². The molecule has 2 aliphatic heterocycles. The Morgan fingerprint density at radius 3 is 2.47 bits per heavy atom. The van der Waals surface area contributed by atoms with Crippen molar-refractivity contribution in [2.45, 2.75) is 63.2 Å². The molecule has 2 aromatic carbocycles. The molecular formula is C35H42F4N3O3PS. The van der Waals surface area contributed by atoms with Gasteiger partial charge in [-0.25, -0.2) is 4.39 Å². The van der Waals surface area contributed by atoms with Gasteiger partial charge in [0.15, 0.2) is 0 Å². The van der Waals surface area contributed by atoms with Gasteiger partial charge in [0, 0.05) is 22.8 Å². The highest BCUT2D eigenvalue weighted by Crippen LogP contribution is 2.42. The lowest BCUT2D eigenvalue weighted by molar-refractivity contribution is -0.143. The number of rotatable bonds is 9. The summed E-state index contributed by atoms with van der Waals surface area (Å²) in [5.74, 6) is 6.12. The van der Waals surface area contributed by atoms with Crippen LogP contribution in [-0.4, -0.2) is 76.2 Å². The lowest BCUT2D eigenvalue weighted by Crippen LogP contribution is -2.53. The molecule has 254 valence electrons. The summed E-state index contributed by atoms with van der Waals surface area (Å²) in [6.07, 6.45) is 1.26. The molecular weight excluding hydrogens is 649 g/mol. The molecule has 2 saturated heterocycles. The van der Waals surface area contributed by atoms with Gasteiger partial charge in [0.2, 0.25) is 6.86 Å². The first-order chi connectivity index (χ1) is 22.4. The number of likely N-dealkylation sites (tertiary alicyclic amines) is 1. The zero-order valence-electron chi connectivity index (χ0n) is 26.9. The van der Waals surface area contributed by atoms with Crippen molar-refractivity contribution < 1.29 is 31.6 Å². The van der Waals surface area contributed by atoms with Gasteiger partial charge < -0.3 is 29.6 Å². The first-order valence-corrected chi connectivity index (χ1v) is 19.7. The molecule has 3 heterocycles. The summed E-state index contributed by atoms with van der Waals surface area (Å²) in [7, 11) is -2.59. The van der Waals surface area contributed by atoms with Crippen LogP contribution in [0.15, 0.2) is 36.4 Å². The van der Waals surface area contributed by atoms with E-state index in [2.05, 4.69) is 27.4 Å². The molecule has 47 heavy (non-hydrogen) atoms. The molecule has 1 saturated carbocycles. The predicted octanol–water partition coefficient (Wildman–Crippen LogP) is 7.86. The maximum Gasteiger partial charge on any atom is 0.393 e. The Hall–Kier alpha value is -2.77. The first-order valence-electron chi connectivity index (χ1n) is 16.2. The molecule has 0 unspecified atom stereocenters. The second kappa shape index (κ2) is 14.0. The van der Waals surface area contributed by atoms with Gasteiger partial charge in [-0.2, -0.15) is 13.2 Å². The fourth-order valence-corrected chi connectivity index (χ4v) is 9.08. The van der Waals surface area contributed by atoms with Crippen molar-refractivity contribution in [1.29, 1.82) is 0 Å². The molecule has 0 amide bonds. The minimum absolute atomic E-state index is 0.0950. The third kappa shape index (κ3) is 8.10. The van der Waals surface area contributed by atoms with Crippen molar-refractivity contribution in [3.8, 4) is 17.6 Å². The van der Waals surface area contributed by atoms with Gasteiger partial charge in [0.25, 0.3) is 0 Å². The summed E-state index contributed by atoms with van der Waals surface area (Å²) >= 11 is 1.29. The monoisotopic (exact) mass is 691 g/mol. The van der Waals surface area contributed by atoms with Gasteiger partial charge in [-0.1, -0.05) is 24.0 Å². The molecule has 0 atom stereocenters. The maximum atomic E-state index is 13.8. The second-order valence-corrected chi connectivity index (χ2v) is 17.7. The Morgan fingerprint density at radius 2 is 1.83 bits per heavy atom. The largest absolute Gasteiger partial charge is 0.461 e. The number of ether oxygens (including phenoxy) is 2. The minimum Gasteiger partial charge on any atom is -0.461 e. The first kappa shape index (κ1) is 34.1. The molecule has 0 bridgehead atoms. The van der Waals surface area contributed by atoms with Crippen molar-refractivity contribution in [2.24, 2.45) is 5.41 Å². The number of nitrogens with one attached hydrogen (secondary N) is 2. The molecule has 6 rings (SSSR count). The van der Waals surface area contributed by atoms with Crippen LogP contribution >= 0.6 is 18.5 Å². The molecule has 3 aliphatic rings. The average Bonchev–Trinajstić information content (AvgIpc) is 3.35. The van der Waals surface area contributed by atoms with E-state index in [1.54, 1.807) is 31.5 Å². The number of benzene rings is 2. The number of anilines is 2. The van der Waals surface area contributed by atoms with Crippen LogP contribution in [0.2, 0.25) is 0 Å². The van der Waals surface area contributed by atoms with E-state index >= 15 is 0 Å². The molecule has 6 nitrogen and oxygen atoms in total. The van der Waals surface area contributed by atoms with Crippen LogP contribution in [0.1, 0.15) is 49.0 Å². The lowest BCUT2D eigenvalue weighted by atomic mass is 9.76. The Labute approximate surface area is 277 Å². The molecule has 1 aromatic heterocycles. The number of halogens is 4. The van der Waals surface area contributed by atoms with Gasteiger partial charge in [-0.05, 0) is 100 Å². The lowest BCUT2D eigenvalue weighted by Gasteiger charge is -2.49. The van der Waals surface area contributed by atoms with Crippen molar-refractivity contribution in [2.75, 3.05) is 63.7 Å². The number of hydrogen-bond donors (Lipinski definition) is 2. The Balaban J connectivity index is 1.14. The number of alkyl halides is 4. The number of piperidine rings is 1. The molecule has 1 spiro atoms. The van der Waals surface area contributed by atoms with E-state index in [4.69, 9.17) is 9.47 Å². The van der Waals surface area contributed by atoms with E-state index in [0.717, 1.165) is 62.4 Å². The van der Waals surface area contributed by atoms with E-state index in [1.807, 2.05) is 12.1 Å². The molecule has 0 radical (unpaired) electrons. The van der Waals surface area contributed by atoms with Crippen LogP contribution < -0.4 is 20.7 Å². The van der Waals surface area contributed by atoms with Crippen LogP contribution in [0.4, 0.5) is 28.9 Å². The SMILES string of the molecule is CP(C)(=O)c1ccc(NCC#Cc2sc3c(NC4CCC(N5CCC6(CC5)COC6)CC4)cccc3c2CC(F)(F)F)c(OCF)c1. The summed E-state index contributed by atoms with van der Waals surface area (Å²) < 4.78 is 78.1. The summed E-state index contributed by atoms with van der Waals surface area (Å²) in [5, 5.41) is 7.86. The van der Waals surface area contributed by atoms with E-state index < -0.39 is 26.6 Å². The van der Waals surface area contributed by atoms with Crippen LogP contribution in [0.5, 0.6) is 5.75 Å². The normalized spacial score (nSPS) is 21.6. The van der Waals surface area contributed by atoms with E-state index in [-0.39, 0.29) is 23.9 Å². The number of fused-ring (bicyclic) bond motifs is 1. The van der Waals surface area contributed by atoms with Gasteiger partial charge in [0.05, 0.1) is 47.1 Å². The smallest absolute Gasteiger partial charge is 0.393 e. The molecule has 12 heteroatoms. The predicted molar refractivity (Wildman–Crippen MR) is 183 cm³/mol. The van der Waals surface area contributed by atoms with Crippen LogP contribution in [0.3, 0.4) is 0 Å². The standard InChI is InChI=1S/C35H42F4N3O3PS/c1-46(2,43)26-12-13-29(31(19-26)45-23-36)40-16-4-7-32-28(20-35(37,38)39)27-5-3-6-30(33(27)47-32)41-24-8-10-25(11-9-24)42-17-14-34(15-18-42)21-44-22-34/h3,5-6,12-13,19,24-25,40-41H,8-11,14-18,20-23H2,1-2H3. The minimum atomic E-state index is -4.39. The van der Waals surface area contributed by atoms with Crippen molar-refractivity contribution in [3.63, 3.8) is 0 Å². The van der Waals surface area contributed by atoms with Crippen molar-refractivity contribution >= 4 is 45.2 Å². The zero-order chi connectivity index (χ0) is 33.2. The van der Waals surface area contributed by atoms with Crippen LogP contribution in [0, 0.1) is 17.3 Å². The Bertz CT molecular complexity index is 1670. The average molecular weight is 692 g/mol. The highest BCUT2D eigenvalue weighted by molar-refractivity contribution is 7.70. The summed E-state index contributed by atoms with van der Waals surface area (Å²) in [6, 6.07) is 11.2. The second-order valence-electron chi connectivity index (χ2n) is 13.5. The van der Waals surface area contributed by atoms with Gasteiger partial charge in [-0.3, -0.25) is 0 Å². The molecule has 3 fully saturated rings. The van der Waals surface area contributed by atoms with E-state index in [1.165, 1.54) is 30.2 Å². The summed E-state index contributed by atoms with van der Waals surface area (Å²) in [4.78, 5) is 3.03. The van der Waals surface area contributed by atoms with E-state index in [0.29, 0.717) is 32.7 Å². The van der Waals surface area contributed by atoms with E-state index in [9.17, 15) is 22.1 Å². The number of thiophene rings is 1. The number of hydrogen-bond acceptors (Lipinski definition) is 7. The van der Waals surface area contributed by atoms with Crippen molar-refractivity contribution in [3.05, 3.63) is 46.8 Å². The molecule has 1 aliphatic carbocycles. The Kier molecular flexibility index (Phi) is 10.2. The van der Waals surface area contributed by atoms with Crippen molar-refractivity contribution in [1.82, 2.24) is 4.90 Å². The fraction of sp³-hybridized carbons (Fsp3) is 0.543. The Morgan fingerprint density at radius 1 is 1.09 bits per heavy atom. The highest BCUT2D eigenvalue weighted by Gasteiger charge is 2.42. The van der Waals surface area contributed by atoms with Crippen LogP contribution in [0.25, 0.3) is 10.1 Å². The fourth-order valence-electron chi connectivity index (χ4n) is 7.04. The number of nitrogens with zero attached hydrogens (tertiary/aromatic N) is 1. The third-order valence-electron chi connectivity index (χ3n) is 9.81. The van der Waals surface area contributed by atoms with Gasteiger partial charge in [-0.15, -0.1) is 11.3 Å². The van der Waals surface area contributed by atoms with Crippen LogP contribution in [-0.2, 0) is 15.7 Å². The quantitative estimate of drug-likeness (QED) is 0.135. The molecule has 3 aromatic rings. The van der Waals surface area contributed by atoms with Gasteiger partial charge >= 0.3 is 6.18 Å². The summed E-state index contributed by atoms with van der Waals surface area (Å²) in [6.45, 7) is 6.38.